The van der Waals surface area contributed by atoms with Crippen molar-refractivity contribution < 1.29 is 0 Å². The van der Waals surface area contributed by atoms with Gasteiger partial charge in [-0.05, 0) is 20.0 Å². The van der Waals surface area contributed by atoms with E-state index >= 15 is 0 Å². The van der Waals surface area contributed by atoms with Crippen molar-refractivity contribution in [1.29, 1.82) is 0 Å². The van der Waals surface area contributed by atoms with Gasteiger partial charge in [-0.3, -0.25) is 0 Å². The minimum atomic E-state index is 0.380. The van der Waals surface area contributed by atoms with Crippen molar-refractivity contribution >= 4 is 36.0 Å². The highest BCUT2D eigenvalue weighted by atomic mass is 127. The average Bonchev–Trinajstić information content (AvgIpc) is 1.41. The molecule has 0 nitrogen and oxygen atoms in total. The quantitative estimate of drug-likeness (QED) is 0.325. The Balaban J connectivity index is 0. The molecule has 6 heavy (non-hydrogen) atoms. The summed E-state index contributed by atoms with van der Waals surface area (Å²) in [4.78, 5) is 0. The molecule has 38 valence electrons. The van der Waals surface area contributed by atoms with Gasteiger partial charge >= 0.3 is 0 Å². The average molecular weight is 216 g/mol. The lowest BCUT2D eigenvalue weighted by Crippen LogP contribution is -1.48. The molecule has 0 unspecified atom stereocenters. The van der Waals surface area contributed by atoms with Crippen molar-refractivity contribution in [3.63, 3.8) is 0 Å². The molecular formula is C3H11BIP. The maximum Gasteiger partial charge on any atom is 0.181 e. The smallest absolute Gasteiger partial charge is 0.161 e. The third kappa shape index (κ3) is 62.2. The largest absolute Gasteiger partial charge is 0.181 e. The van der Waals surface area contributed by atoms with Gasteiger partial charge in [0.05, 0.1) is 0 Å². The normalized spacial score (nSPS) is 6.83. The fourth-order valence-electron chi connectivity index (χ4n) is 0. The Morgan fingerprint density at radius 1 is 1.17 bits per heavy atom. The van der Waals surface area contributed by atoms with E-state index in [0.717, 1.165) is 0 Å². The maximum atomic E-state index is 2.23. The SMILES string of the molecule is BI.CP(C)C. The lowest BCUT2D eigenvalue weighted by molar-refractivity contribution is 2.13. The molecule has 0 aromatic rings. The molecule has 0 aliphatic carbocycles. The van der Waals surface area contributed by atoms with Gasteiger partial charge in [0, 0.05) is 0 Å². The van der Waals surface area contributed by atoms with Crippen molar-refractivity contribution in [3.05, 3.63) is 0 Å². The summed E-state index contributed by atoms with van der Waals surface area (Å²) in [6, 6.07) is 0. The highest BCUT2D eigenvalue weighted by molar-refractivity contribution is 14.1. The first kappa shape index (κ1) is 10.3. The van der Waals surface area contributed by atoms with E-state index < -0.39 is 0 Å². The lowest BCUT2D eigenvalue weighted by Gasteiger charge is -1.81. The number of rotatable bonds is 0. The standard InChI is InChI=1S/C3H9P.BH2I/c1-4(2)3;1-2/h1-3H3;1H2. The Hall–Kier alpha value is 1.22. The fraction of sp³-hybridized carbons (Fsp3) is 1.00. The molecule has 0 radical (unpaired) electrons. The van der Waals surface area contributed by atoms with Crippen molar-refractivity contribution in [2.45, 2.75) is 0 Å². The molecule has 0 aromatic heterocycles. The third-order valence-electron chi connectivity index (χ3n) is 0. The van der Waals surface area contributed by atoms with Crippen LogP contribution < -0.4 is 0 Å². The van der Waals surface area contributed by atoms with Gasteiger partial charge in [-0.25, -0.2) is 0 Å². The van der Waals surface area contributed by atoms with Gasteiger partial charge in [-0.15, -0.1) is 7.92 Å². The third-order valence-corrected chi connectivity index (χ3v) is 0. The van der Waals surface area contributed by atoms with Crippen molar-refractivity contribution in [2.24, 2.45) is 0 Å². The lowest BCUT2D eigenvalue weighted by atomic mass is 10.8. The Kier molecular flexibility index (Phi) is 16.3. The molecular weight excluding hydrogens is 205 g/mol. The van der Waals surface area contributed by atoms with E-state index in [2.05, 4.69) is 42.4 Å². The zero-order valence-electron chi connectivity index (χ0n) is 4.83. The van der Waals surface area contributed by atoms with Gasteiger partial charge in [-0.1, -0.05) is 0 Å². The first-order valence-corrected chi connectivity index (χ1v) is 6.56. The summed E-state index contributed by atoms with van der Waals surface area (Å²) in [5, 5.41) is 0. The zero-order chi connectivity index (χ0) is 5.58. The van der Waals surface area contributed by atoms with Crippen molar-refractivity contribution in [3.8, 4) is 0 Å². The van der Waals surface area contributed by atoms with Crippen LogP contribution in [-0.4, -0.2) is 25.7 Å². The molecule has 0 aromatic carbocycles. The summed E-state index contributed by atoms with van der Waals surface area (Å²) < 4.78 is 0. The summed E-state index contributed by atoms with van der Waals surface area (Å²) in [7, 11) is 0.380. The molecule has 3 heteroatoms. The molecule has 0 fully saturated rings. The highest BCUT2D eigenvalue weighted by Gasteiger charge is 1.65. The van der Waals surface area contributed by atoms with Gasteiger partial charge in [-0.2, -0.15) is 22.4 Å². The van der Waals surface area contributed by atoms with Crippen LogP contribution in [0.5, 0.6) is 0 Å². The summed E-state index contributed by atoms with van der Waals surface area (Å²) in [5.41, 5.74) is 1.97. The number of hydrogen-bond acceptors (Lipinski definition) is 0. The Morgan fingerprint density at radius 3 is 1.17 bits per heavy atom. The summed E-state index contributed by atoms with van der Waals surface area (Å²) in [6.07, 6.45) is 0. The van der Waals surface area contributed by atoms with E-state index in [4.69, 9.17) is 0 Å². The van der Waals surface area contributed by atoms with Crippen LogP contribution in [-0.2, 0) is 0 Å². The van der Waals surface area contributed by atoms with E-state index in [1.807, 2.05) is 5.70 Å². The molecule has 0 saturated heterocycles. The second kappa shape index (κ2) is 9.52. The molecule has 0 bridgehead atoms. The Labute approximate surface area is 56.1 Å². The fourth-order valence-corrected chi connectivity index (χ4v) is 0. The minimum absolute atomic E-state index is 0.380. The second-order valence-electron chi connectivity index (χ2n) is 1.34. The molecule has 0 spiro atoms. The number of halogens is 1. The maximum absolute atomic E-state index is 2.23. The molecule has 0 rings (SSSR count). The Bertz CT molecular complexity index is 15.5. The van der Waals surface area contributed by atoms with Crippen LogP contribution in [0.25, 0.3) is 0 Å². The molecule has 0 saturated carbocycles. The van der Waals surface area contributed by atoms with Crippen LogP contribution in [0.15, 0.2) is 0 Å². The summed E-state index contributed by atoms with van der Waals surface area (Å²) in [5.74, 6) is 0. The van der Waals surface area contributed by atoms with Crippen LogP contribution in [0.4, 0.5) is 0 Å². The molecule has 0 aliphatic rings. The van der Waals surface area contributed by atoms with E-state index in [0.29, 0.717) is 7.92 Å². The summed E-state index contributed by atoms with van der Waals surface area (Å²) in [6.45, 7) is 6.69. The van der Waals surface area contributed by atoms with Crippen LogP contribution in [0.3, 0.4) is 0 Å². The predicted octanol–water partition coefficient (Wildman–Crippen LogP) is 1.33. The zero-order valence-corrected chi connectivity index (χ0v) is 7.88. The van der Waals surface area contributed by atoms with Crippen LogP contribution in [0.1, 0.15) is 0 Å². The monoisotopic (exact) mass is 216 g/mol. The van der Waals surface area contributed by atoms with Crippen molar-refractivity contribution in [1.82, 2.24) is 0 Å². The first-order chi connectivity index (χ1) is 2.73. The van der Waals surface area contributed by atoms with Gasteiger partial charge < -0.3 is 0 Å². The first-order valence-electron chi connectivity index (χ1n) is 1.72. The van der Waals surface area contributed by atoms with Crippen molar-refractivity contribution in [2.75, 3.05) is 20.0 Å². The van der Waals surface area contributed by atoms with Crippen LogP contribution >= 0.6 is 30.3 Å². The minimum Gasteiger partial charge on any atom is -0.161 e. The van der Waals surface area contributed by atoms with E-state index in [1.54, 1.807) is 0 Å². The molecule has 0 N–H and O–H groups in total. The van der Waals surface area contributed by atoms with Gasteiger partial charge in [0.25, 0.3) is 0 Å². The molecule has 0 amide bonds. The van der Waals surface area contributed by atoms with E-state index in [-0.39, 0.29) is 0 Å². The van der Waals surface area contributed by atoms with Gasteiger partial charge in [0.2, 0.25) is 0 Å². The Morgan fingerprint density at radius 2 is 1.17 bits per heavy atom. The second-order valence-corrected chi connectivity index (χ2v) is 4.02. The molecule has 0 atom stereocenters. The van der Waals surface area contributed by atoms with Crippen LogP contribution in [0.2, 0.25) is 0 Å². The summed E-state index contributed by atoms with van der Waals surface area (Å²) >= 11 is 2.15. The van der Waals surface area contributed by atoms with Gasteiger partial charge in [0.1, 0.15) is 0 Å². The van der Waals surface area contributed by atoms with E-state index in [9.17, 15) is 0 Å². The molecule has 0 aliphatic heterocycles. The van der Waals surface area contributed by atoms with E-state index in [1.165, 1.54) is 0 Å². The topological polar surface area (TPSA) is 0 Å². The number of hydrogen-bond donors (Lipinski definition) is 0. The highest BCUT2D eigenvalue weighted by Crippen LogP contribution is 2.14. The molecule has 0 heterocycles. The predicted molar refractivity (Wildman–Crippen MR) is 47.3 cm³/mol. The van der Waals surface area contributed by atoms with Crippen LogP contribution in [0, 0.1) is 0 Å². The van der Waals surface area contributed by atoms with Gasteiger partial charge in [0.15, 0.2) is 5.70 Å².